The number of hydrogen-bond donors (Lipinski definition) is 1. The third-order valence-corrected chi connectivity index (χ3v) is 4.56. The van der Waals surface area contributed by atoms with Crippen molar-refractivity contribution >= 4 is 23.4 Å². The molecule has 0 aliphatic rings. The molecule has 2 aromatic carbocycles. The van der Waals surface area contributed by atoms with Gasteiger partial charge in [0.15, 0.2) is 5.16 Å². The quantitative estimate of drug-likeness (QED) is 0.506. The Morgan fingerprint density at radius 2 is 2.11 bits per heavy atom. The number of nitrogens with zero attached hydrogens (tertiary/aromatic N) is 2. The average molecular weight is 402 g/mol. The smallest absolute Gasteiger partial charge is 0.270 e. The van der Waals surface area contributed by atoms with E-state index < -0.39 is 5.56 Å². The molecule has 0 fully saturated rings. The number of ether oxygens (including phenoxy) is 1. The lowest BCUT2D eigenvalue weighted by atomic mass is 10.1. The minimum atomic E-state index is -0.549. The molecular weight excluding hydrogens is 389 g/mol. The van der Waals surface area contributed by atoms with E-state index in [0.29, 0.717) is 27.1 Å². The fraction of sp³-hybridized carbons (Fsp3) is 0.105. The van der Waals surface area contributed by atoms with Gasteiger partial charge in [0.05, 0.1) is 0 Å². The van der Waals surface area contributed by atoms with Gasteiger partial charge in [-0.2, -0.15) is 5.26 Å². The van der Waals surface area contributed by atoms with Gasteiger partial charge in [0.1, 0.15) is 35.5 Å². The Bertz CT molecular complexity index is 1100. The van der Waals surface area contributed by atoms with Gasteiger partial charge in [0, 0.05) is 16.1 Å². The summed E-state index contributed by atoms with van der Waals surface area (Å²) >= 11 is 7.33. The second-order valence-corrected chi connectivity index (χ2v) is 6.66. The van der Waals surface area contributed by atoms with Crippen molar-refractivity contribution < 1.29 is 9.13 Å². The third-order valence-electron chi connectivity index (χ3n) is 3.74. The highest BCUT2D eigenvalue weighted by Crippen LogP contribution is 2.33. The van der Waals surface area contributed by atoms with Crippen LogP contribution in [0.2, 0.25) is 5.02 Å². The largest absolute Gasteiger partial charge is 0.488 e. The molecule has 1 heterocycles. The molecule has 5 nitrogen and oxygen atoms in total. The molecule has 0 amide bonds. The summed E-state index contributed by atoms with van der Waals surface area (Å²) < 4.78 is 19.6. The van der Waals surface area contributed by atoms with Crippen molar-refractivity contribution in [2.75, 3.05) is 6.26 Å². The maximum absolute atomic E-state index is 13.8. The molecule has 0 atom stereocenters. The lowest BCUT2D eigenvalue weighted by Crippen LogP contribution is -2.15. The number of aromatic nitrogens is 2. The minimum absolute atomic E-state index is 0.0260. The van der Waals surface area contributed by atoms with E-state index in [1.54, 1.807) is 42.7 Å². The summed E-state index contributed by atoms with van der Waals surface area (Å²) in [6.45, 7) is -0.0260. The van der Waals surface area contributed by atoms with Crippen molar-refractivity contribution in [1.82, 2.24) is 9.97 Å². The van der Waals surface area contributed by atoms with Crippen molar-refractivity contribution in [2.24, 2.45) is 0 Å². The number of thioether (sulfide) groups is 1. The van der Waals surface area contributed by atoms with Crippen molar-refractivity contribution in [3.05, 3.63) is 74.8 Å². The van der Waals surface area contributed by atoms with Crippen LogP contribution in [-0.4, -0.2) is 16.2 Å². The first-order valence-electron chi connectivity index (χ1n) is 7.78. The Hall–Kier alpha value is -2.82. The Kier molecular flexibility index (Phi) is 5.79. The van der Waals surface area contributed by atoms with Crippen molar-refractivity contribution in [1.29, 1.82) is 5.26 Å². The van der Waals surface area contributed by atoms with Crippen molar-refractivity contribution in [3.8, 4) is 23.1 Å². The number of halogens is 2. The summed E-state index contributed by atoms with van der Waals surface area (Å²) in [5.74, 6) is -0.0472. The van der Waals surface area contributed by atoms with Gasteiger partial charge in [-0.3, -0.25) is 4.79 Å². The van der Waals surface area contributed by atoms with Gasteiger partial charge in [-0.25, -0.2) is 9.37 Å². The van der Waals surface area contributed by atoms with Gasteiger partial charge >= 0.3 is 0 Å². The molecule has 0 aliphatic heterocycles. The number of hydrogen-bond acceptors (Lipinski definition) is 5. The molecule has 0 spiro atoms. The lowest BCUT2D eigenvalue weighted by molar-refractivity contribution is 0.301. The normalized spacial score (nSPS) is 10.4. The SMILES string of the molecule is CSc1nc(-c2cc(Cl)ccc2OCc2ccccc2F)c(C#N)c(=O)[nH]1. The van der Waals surface area contributed by atoms with E-state index in [0.717, 1.165) is 0 Å². The van der Waals surface area contributed by atoms with Crippen LogP contribution < -0.4 is 10.3 Å². The third kappa shape index (κ3) is 4.13. The van der Waals surface area contributed by atoms with E-state index in [1.165, 1.54) is 17.8 Å². The van der Waals surface area contributed by atoms with Crippen LogP contribution >= 0.6 is 23.4 Å². The Labute approximate surface area is 163 Å². The second-order valence-electron chi connectivity index (χ2n) is 5.43. The van der Waals surface area contributed by atoms with Gasteiger partial charge in [-0.15, -0.1) is 0 Å². The number of aromatic amines is 1. The van der Waals surface area contributed by atoms with E-state index in [-0.39, 0.29) is 23.7 Å². The topological polar surface area (TPSA) is 78.8 Å². The second kappa shape index (κ2) is 8.25. The Balaban J connectivity index is 2.08. The monoisotopic (exact) mass is 401 g/mol. The highest BCUT2D eigenvalue weighted by Gasteiger charge is 2.18. The average Bonchev–Trinajstić information content (AvgIpc) is 2.67. The molecule has 0 aliphatic carbocycles. The maximum Gasteiger partial charge on any atom is 0.270 e. The highest BCUT2D eigenvalue weighted by atomic mass is 35.5. The van der Waals surface area contributed by atoms with Gasteiger partial charge in [0.25, 0.3) is 5.56 Å². The number of benzene rings is 2. The van der Waals surface area contributed by atoms with Crippen LogP contribution in [0.3, 0.4) is 0 Å². The van der Waals surface area contributed by atoms with Crippen LogP contribution in [-0.2, 0) is 6.61 Å². The summed E-state index contributed by atoms with van der Waals surface area (Å²) in [4.78, 5) is 19.1. The predicted molar refractivity (Wildman–Crippen MR) is 103 cm³/mol. The van der Waals surface area contributed by atoms with Gasteiger partial charge < -0.3 is 9.72 Å². The van der Waals surface area contributed by atoms with E-state index in [1.807, 2.05) is 6.07 Å². The first kappa shape index (κ1) is 19.0. The summed E-state index contributed by atoms with van der Waals surface area (Å²) in [6, 6.07) is 12.9. The van der Waals surface area contributed by atoms with Crippen LogP contribution in [0, 0.1) is 17.1 Å². The molecule has 0 bridgehead atoms. The van der Waals surface area contributed by atoms with Gasteiger partial charge in [0.2, 0.25) is 0 Å². The molecule has 0 saturated carbocycles. The first-order valence-corrected chi connectivity index (χ1v) is 9.38. The fourth-order valence-electron chi connectivity index (χ4n) is 2.43. The zero-order valence-corrected chi connectivity index (χ0v) is 15.7. The first-order chi connectivity index (χ1) is 13.0. The fourth-order valence-corrected chi connectivity index (χ4v) is 2.98. The summed E-state index contributed by atoms with van der Waals surface area (Å²) in [5.41, 5.74) is 0.230. The molecule has 27 heavy (non-hydrogen) atoms. The number of H-pyrrole nitrogens is 1. The molecule has 3 aromatic rings. The van der Waals surface area contributed by atoms with E-state index in [2.05, 4.69) is 9.97 Å². The summed E-state index contributed by atoms with van der Waals surface area (Å²) in [7, 11) is 0. The summed E-state index contributed by atoms with van der Waals surface area (Å²) in [6.07, 6.45) is 1.75. The van der Waals surface area contributed by atoms with Crippen LogP contribution in [0.4, 0.5) is 4.39 Å². The maximum atomic E-state index is 13.8. The number of rotatable bonds is 5. The Morgan fingerprint density at radius 1 is 1.33 bits per heavy atom. The van der Waals surface area contributed by atoms with Crippen LogP contribution in [0.25, 0.3) is 11.3 Å². The van der Waals surface area contributed by atoms with E-state index in [9.17, 15) is 14.4 Å². The summed E-state index contributed by atoms with van der Waals surface area (Å²) in [5, 5.41) is 10.1. The molecule has 8 heteroatoms. The van der Waals surface area contributed by atoms with Crippen LogP contribution in [0.15, 0.2) is 52.4 Å². The van der Waals surface area contributed by atoms with E-state index >= 15 is 0 Å². The molecule has 1 aromatic heterocycles. The minimum Gasteiger partial charge on any atom is -0.488 e. The van der Waals surface area contributed by atoms with Gasteiger partial charge in [-0.1, -0.05) is 41.6 Å². The predicted octanol–water partition coefficient (Wildman–Crippen LogP) is 4.40. The zero-order valence-electron chi connectivity index (χ0n) is 14.1. The number of nitrogens with one attached hydrogen (secondary N) is 1. The standard InChI is InChI=1S/C19H13ClFN3O2S/c1-27-19-23-17(14(9-22)18(25)24-19)13-8-12(20)6-7-16(13)26-10-11-4-2-3-5-15(11)21/h2-8H,10H2,1H3,(H,23,24,25). The van der Waals surface area contributed by atoms with Crippen LogP contribution in [0.5, 0.6) is 5.75 Å². The number of nitriles is 1. The molecule has 3 rings (SSSR count). The molecule has 1 N–H and O–H groups in total. The Morgan fingerprint density at radius 3 is 2.81 bits per heavy atom. The van der Waals surface area contributed by atoms with Crippen LogP contribution in [0.1, 0.15) is 11.1 Å². The van der Waals surface area contributed by atoms with Gasteiger partial charge in [-0.05, 0) is 30.5 Å². The van der Waals surface area contributed by atoms with Crippen molar-refractivity contribution in [2.45, 2.75) is 11.8 Å². The van der Waals surface area contributed by atoms with E-state index in [4.69, 9.17) is 16.3 Å². The zero-order chi connectivity index (χ0) is 19.4. The molecule has 136 valence electrons. The molecule has 0 unspecified atom stereocenters. The van der Waals surface area contributed by atoms with Crippen molar-refractivity contribution in [3.63, 3.8) is 0 Å². The molecular formula is C19H13ClFN3O2S. The lowest BCUT2D eigenvalue weighted by Gasteiger charge is -2.13. The highest BCUT2D eigenvalue weighted by molar-refractivity contribution is 7.98. The molecule has 0 saturated heterocycles. The molecule has 0 radical (unpaired) electrons.